The van der Waals surface area contributed by atoms with E-state index in [0.717, 1.165) is 17.5 Å². The lowest BCUT2D eigenvalue weighted by Gasteiger charge is -2.17. The van der Waals surface area contributed by atoms with Crippen molar-refractivity contribution < 1.29 is 13.5 Å². The molecule has 1 aliphatic rings. The zero-order valence-corrected chi connectivity index (χ0v) is 13.8. The largest absolute Gasteiger partial charge is 0.392 e. The van der Waals surface area contributed by atoms with Crippen LogP contribution in [0.5, 0.6) is 0 Å². The first-order chi connectivity index (χ1) is 9.85. The Kier molecular flexibility index (Phi) is 5.07. The van der Waals surface area contributed by atoms with E-state index in [0.29, 0.717) is 23.9 Å². The maximum atomic E-state index is 12.5. The zero-order chi connectivity index (χ0) is 15.6. The van der Waals surface area contributed by atoms with Crippen LogP contribution in [0.4, 0.5) is 0 Å². The molecule has 2 rings (SSSR count). The number of rotatable bonds is 5. The molecule has 1 fully saturated rings. The van der Waals surface area contributed by atoms with Crippen LogP contribution in [-0.2, 0) is 16.6 Å². The van der Waals surface area contributed by atoms with Crippen molar-refractivity contribution in [1.82, 2.24) is 4.72 Å². The smallest absolute Gasteiger partial charge is 0.240 e. The second-order valence-corrected chi connectivity index (χ2v) is 7.96. The molecular formula is C16H25NO3S. The molecular weight excluding hydrogens is 286 g/mol. The van der Waals surface area contributed by atoms with Crippen molar-refractivity contribution in [3.63, 3.8) is 0 Å². The summed E-state index contributed by atoms with van der Waals surface area (Å²) in [5.74, 6) is 1.02. The second-order valence-electron chi connectivity index (χ2n) is 6.22. The normalized spacial score (nSPS) is 22.7. The quantitative estimate of drug-likeness (QED) is 0.878. The summed E-state index contributed by atoms with van der Waals surface area (Å²) in [5.41, 5.74) is 2.30. The molecule has 5 heteroatoms. The summed E-state index contributed by atoms with van der Waals surface area (Å²) in [6.45, 7) is 6.22. The fourth-order valence-electron chi connectivity index (χ4n) is 3.15. The zero-order valence-electron chi connectivity index (χ0n) is 13.0. The molecule has 2 unspecified atom stereocenters. The molecule has 0 radical (unpaired) electrons. The SMILES string of the molecule is Cc1cc(C)c(S(=O)(=O)NCC2CCCC2C)cc1CO. The number of aliphatic hydroxyl groups is 1. The van der Waals surface area contributed by atoms with Crippen LogP contribution in [0.15, 0.2) is 17.0 Å². The van der Waals surface area contributed by atoms with Gasteiger partial charge in [-0.15, -0.1) is 0 Å². The maximum absolute atomic E-state index is 12.5. The van der Waals surface area contributed by atoms with Crippen LogP contribution in [0.3, 0.4) is 0 Å². The van der Waals surface area contributed by atoms with E-state index in [4.69, 9.17) is 0 Å². The van der Waals surface area contributed by atoms with E-state index < -0.39 is 10.0 Å². The number of hydrogen-bond acceptors (Lipinski definition) is 3. The van der Waals surface area contributed by atoms with Crippen LogP contribution in [-0.4, -0.2) is 20.1 Å². The summed E-state index contributed by atoms with van der Waals surface area (Å²) in [7, 11) is -3.51. The average molecular weight is 311 g/mol. The minimum atomic E-state index is -3.51. The van der Waals surface area contributed by atoms with E-state index in [1.807, 2.05) is 13.0 Å². The third kappa shape index (κ3) is 3.65. The highest BCUT2D eigenvalue weighted by Gasteiger charge is 2.26. The molecule has 118 valence electrons. The fourth-order valence-corrected chi connectivity index (χ4v) is 4.52. The number of sulfonamides is 1. The molecule has 0 heterocycles. The highest BCUT2D eigenvalue weighted by molar-refractivity contribution is 7.89. The van der Waals surface area contributed by atoms with Gasteiger partial charge in [0.1, 0.15) is 0 Å². The number of aliphatic hydroxyl groups excluding tert-OH is 1. The van der Waals surface area contributed by atoms with Crippen molar-refractivity contribution in [3.8, 4) is 0 Å². The van der Waals surface area contributed by atoms with Gasteiger partial charge in [-0.2, -0.15) is 0 Å². The Labute approximate surface area is 127 Å². The third-order valence-electron chi connectivity index (χ3n) is 4.67. The molecule has 0 bridgehead atoms. The lowest BCUT2D eigenvalue weighted by atomic mass is 9.99. The van der Waals surface area contributed by atoms with Crippen molar-refractivity contribution in [1.29, 1.82) is 0 Å². The molecule has 0 saturated heterocycles. The van der Waals surface area contributed by atoms with Crippen LogP contribution in [0.25, 0.3) is 0 Å². The summed E-state index contributed by atoms with van der Waals surface area (Å²) < 4.78 is 27.8. The lowest BCUT2D eigenvalue weighted by molar-refractivity contribution is 0.280. The lowest BCUT2D eigenvalue weighted by Crippen LogP contribution is -2.31. The molecule has 0 aliphatic heterocycles. The van der Waals surface area contributed by atoms with Gasteiger partial charge in [-0.1, -0.05) is 25.8 Å². The van der Waals surface area contributed by atoms with Gasteiger partial charge in [-0.05, 0) is 54.9 Å². The summed E-state index contributed by atoms with van der Waals surface area (Å²) in [6.07, 6.45) is 3.47. The van der Waals surface area contributed by atoms with Gasteiger partial charge in [0.15, 0.2) is 0 Å². The Bertz CT molecular complexity index is 610. The van der Waals surface area contributed by atoms with E-state index >= 15 is 0 Å². The topological polar surface area (TPSA) is 66.4 Å². The van der Waals surface area contributed by atoms with Crippen LogP contribution in [0.1, 0.15) is 42.9 Å². The van der Waals surface area contributed by atoms with Gasteiger partial charge in [0.2, 0.25) is 10.0 Å². The van der Waals surface area contributed by atoms with E-state index in [9.17, 15) is 13.5 Å². The van der Waals surface area contributed by atoms with E-state index in [2.05, 4.69) is 11.6 Å². The minimum absolute atomic E-state index is 0.145. The van der Waals surface area contributed by atoms with Gasteiger partial charge >= 0.3 is 0 Å². The van der Waals surface area contributed by atoms with Crippen molar-refractivity contribution in [2.45, 2.75) is 51.5 Å². The summed E-state index contributed by atoms with van der Waals surface area (Å²) in [4.78, 5) is 0.280. The fraction of sp³-hybridized carbons (Fsp3) is 0.625. The first kappa shape index (κ1) is 16.5. The Hall–Kier alpha value is -0.910. The van der Waals surface area contributed by atoms with Gasteiger partial charge in [0, 0.05) is 6.54 Å². The van der Waals surface area contributed by atoms with E-state index in [-0.39, 0.29) is 11.5 Å². The average Bonchev–Trinajstić information content (AvgIpc) is 2.82. The van der Waals surface area contributed by atoms with Crippen LogP contribution < -0.4 is 4.72 Å². The highest BCUT2D eigenvalue weighted by atomic mass is 32.2. The van der Waals surface area contributed by atoms with Gasteiger partial charge in [-0.25, -0.2) is 13.1 Å². The minimum Gasteiger partial charge on any atom is -0.392 e. The summed E-state index contributed by atoms with van der Waals surface area (Å²) in [6, 6.07) is 3.41. The van der Waals surface area contributed by atoms with Crippen LogP contribution >= 0.6 is 0 Å². The van der Waals surface area contributed by atoms with E-state index in [1.54, 1.807) is 13.0 Å². The number of benzene rings is 1. The molecule has 2 N–H and O–H groups in total. The first-order valence-corrected chi connectivity index (χ1v) is 9.04. The summed E-state index contributed by atoms with van der Waals surface area (Å²) in [5, 5.41) is 9.32. The maximum Gasteiger partial charge on any atom is 0.240 e. The molecule has 1 aliphatic carbocycles. The molecule has 0 amide bonds. The first-order valence-electron chi connectivity index (χ1n) is 7.56. The molecule has 2 atom stereocenters. The van der Waals surface area contributed by atoms with Gasteiger partial charge in [0.05, 0.1) is 11.5 Å². The van der Waals surface area contributed by atoms with Crippen molar-refractivity contribution in [2.24, 2.45) is 11.8 Å². The van der Waals surface area contributed by atoms with E-state index in [1.165, 1.54) is 12.8 Å². The van der Waals surface area contributed by atoms with Crippen LogP contribution in [0.2, 0.25) is 0 Å². The number of hydrogen-bond donors (Lipinski definition) is 2. The predicted molar refractivity (Wildman–Crippen MR) is 83.5 cm³/mol. The molecule has 4 nitrogen and oxygen atoms in total. The molecule has 1 saturated carbocycles. The third-order valence-corrected chi connectivity index (χ3v) is 6.23. The molecule has 21 heavy (non-hydrogen) atoms. The van der Waals surface area contributed by atoms with Gasteiger partial charge in [-0.3, -0.25) is 0 Å². The Morgan fingerprint density at radius 1 is 1.24 bits per heavy atom. The highest BCUT2D eigenvalue weighted by Crippen LogP contribution is 2.31. The molecule has 1 aromatic rings. The van der Waals surface area contributed by atoms with Crippen molar-refractivity contribution in [3.05, 3.63) is 28.8 Å². The predicted octanol–water partition coefficient (Wildman–Crippen LogP) is 2.51. The van der Waals surface area contributed by atoms with Crippen molar-refractivity contribution >= 4 is 10.0 Å². The monoisotopic (exact) mass is 311 g/mol. The summed E-state index contributed by atoms with van der Waals surface area (Å²) >= 11 is 0. The molecule has 0 spiro atoms. The van der Waals surface area contributed by atoms with Crippen LogP contribution in [0, 0.1) is 25.7 Å². The Balaban J connectivity index is 2.19. The Morgan fingerprint density at radius 3 is 2.52 bits per heavy atom. The standard InChI is InChI=1S/C16H25NO3S/c1-11-5-4-6-14(11)9-17-21(19,20)16-8-15(10-18)12(2)7-13(16)3/h7-8,11,14,17-18H,4-6,9-10H2,1-3H3. The molecule has 0 aromatic heterocycles. The second kappa shape index (κ2) is 6.46. The van der Waals surface area contributed by atoms with Gasteiger partial charge < -0.3 is 5.11 Å². The van der Waals surface area contributed by atoms with Crippen molar-refractivity contribution in [2.75, 3.05) is 6.54 Å². The van der Waals surface area contributed by atoms with Gasteiger partial charge in [0.25, 0.3) is 0 Å². The molecule has 1 aromatic carbocycles. The Morgan fingerprint density at radius 2 is 1.95 bits per heavy atom. The number of aryl methyl sites for hydroxylation is 2. The number of nitrogens with one attached hydrogen (secondary N) is 1.